The first-order chi connectivity index (χ1) is 11.0. The van der Waals surface area contributed by atoms with E-state index < -0.39 is 12.8 Å². The Kier molecular flexibility index (Phi) is 8.82. The minimum Gasteiger partial charge on any atom is -0.372 e. The molecule has 1 aliphatic heterocycles. The summed E-state index contributed by atoms with van der Waals surface area (Å²) < 4.78 is 40.5. The van der Waals surface area contributed by atoms with Crippen molar-refractivity contribution < 1.29 is 17.9 Å². The Bertz CT molecular complexity index is 538. The fourth-order valence-corrected chi connectivity index (χ4v) is 2.49. The lowest BCUT2D eigenvalue weighted by Gasteiger charge is -2.22. The summed E-state index contributed by atoms with van der Waals surface area (Å²) in [5.74, 6) is 0.772. The lowest BCUT2D eigenvalue weighted by molar-refractivity contribution is -0.173. The van der Waals surface area contributed by atoms with Gasteiger partial charge in [0.25, 0.3) is 0 Å². The number of benzene rings is 1. The number of hydrogen-bond acceptors (Lipinski definition) is 2. The summed E-state index contributed by atoms with van der Waals surface area (Å²) in [4.78, 5) is 6.62. The van der Waals surface area contributed by atoms with Crippen LogP contribution in [0.15, 0.2) is 29.3 Å². The molecule has 0 bridgehead atoms. The minimum atomic E-state index is -4.27. The molecule has 0 aromatic heterocycles. The van der Waals surface area contributed by atoms with Crippen LogP contribution >= 0.6 is 24.0 Å². The Morgan fingerprint density at radius 3 is 2.79 bits per heavy atom. The van der Waals surface area contributed by atoms with E-state index in [4.69, 9.17) is 0 Å². The standard InChI is InChI=1S/C16H22F3N3O.HI/c1-2-20-15(21-9-5-11-23-12-16(17,18)19)22-10-8-13-6-3-4-7-14(13)22;/h3-4,6-7H,2,5,8-12H2,1H3,(H,20,21);1H. The molecule has 0 unspecified atom stereocenters. The monoisotopic (exact) mass is 457 g/mol. The molecule has 0 aliphatic carbocycles. The summed E-state index contributed by atoms with van der Waals surface area (Å²) in [6.07, 6.45) is -2.84. The van der Waals surface area contributed by atoms with Crippen LogP contribution in [0.4, 0.5) is 18.9 Å². The molecular formula is C16H23F3IN3O. The van der Waals surface area contributed by atoms with Gasteiger partial charge in [0, 0.05) is 31.9 Å². The first kappa shape index (κ1) is 21.0. The van der Waals surface area contributed by atoms with Gasteiger partial charge >= 0.3 is 6.18 Å². The van der Waals surface area contributed by atoms with Crippen molar-refractivity contribution in [3.05, 3.63) is 29.8 Å². The Morgan fingerprint density at radius 1 is 1.33 bits per heavy atom. The second-order valence-electron chi connectivity index (χ2n) is 5.29. The Balaban J connectivity index is 0.00000288. The van der Waals surface area contributed by atoms with Crippen LogP contribution in [0.5, 0.6) is 0 Å². The molecule has 1 heterocycles. The van der Waals surface area contributed by atoms with Gasteiger partial charge in [0.1, 0.15) is 6.61 Å². The second kappa shape index (κ2) is 10.1. The maximum atomic E-state index is 12.0. The van der Waals surface area contributed by atoms with Crippen LogP contribution in [-0.2, 0) is 11.2 Å². The number of ether oxygens (including phenoxy) is 1. The number of alkyl halides is 3. The van der Waals surface area contributed by atoms with Gasteiger partial charge in [0.2, 0.25) is 0 Å². The topological polar surface area (TPSA) is 36.9 Å². The van der Waals surface area contributed by atoms with Crippen molar-refractivity contribution >= 4 is 35.6 Å². The molecule has 1 aliphatic rings. The molecule has 24 heavy (non-hydrogen) atoms. The van der Waals surface area contributed by atoms with E-state index in [-0.39, 0.29) is 30.6 Å². The van der Waals surface area contributed by atoms with Crippen molar-refractivity contribution in [2.45, 2.75) is 25.9 Å². The molecular weight excluding hydrogens is 434 g/mol. The third-order valence-corrected chi connectivity index (χ3v) is 3.45. The van der Waals surface area contributed by atoms with E-state index in [1.165, 1.54) is 5.56 Å². The fraction of sp³-hybridized carbons (Fsp3) is 0.562. The zero-order valence-corrected chi connectivity index (χ0v) is 15.9. The number of guanidine groups is 1. The molecule has 0 atom stereocenters. The summed E-state index contributed by atoms with van der Waals surface area (Å²) in [7, 11) is 0. The number of anilines is 1. The zero-order valence-electron chi connectivity index (χ0n) is 13.6. The van der Waals surface area contributed by atoms with Crippen molar-refractivity contribution in [2.75, 3.05) is 37.7 Å². The molecule has 1 aromatic rings. The number of aliphatic imine (C=N–C) groups is 1. The highest BCUT2D eigenvalue weighted by Gasteiger charge is 2.27. The molecule has 136 valence electrons. The third-order valence-electron chi connectivity index (χ3n) is 3.45. The number of rotatable bonds is 6. The average Bonchev–Trinajstić information content (AvgIpc) is 2.92. The maximum absolute atomic E-state index is 12.0. The van der Waals surface area contributed by atoms with E-state index >= 15 is 0 Å². The molecule has 0 radical (unpaired) electrons. The van der Waals surface area contributed by atoms with Gasteiger partial charge in [-0.05, 0) is 31.4 Å². The summed E-state index contributed by atoms with van der Waals surface area (Å²) in [6, 6.07) is 8.17. The highest BCUT2D eigenvalue weighted by atomic mass is 127. The summed E-state index contributed by atoms with van der Waals surface area (Å²) in [5, 5.41) is 3.24. The average molecular weight is 457 g/mol. The highest BCUT2D eigenvalue weighted by molar-refractivity contribution is 14.0. The van der Waals surface area contributed by atoms with Gasteiger partial charge < -0.3 is 15.0 Å². The second-order valence-corrected chi connectivity index (χ2v) is 5.29. The quantitative estimate of drug-likeness (QED) is 0.307. The number of hydrogen-bond donors (Lipinski definition) is 1. The van der Waals surface area contributed by atoms with Gasteiger partial charge in [-0.2, -0.15) is 13.2 Å². The van der Waals surface area contributed by atoms with Crippen molar-refractivity contribution in [3.63, 3.8) is 0 Å². The van der Waals surface area contributed by atoms with Gasteiger partial charge in [-0.25, -0.2) is 0 Å². The molecule has 0 saturated heterocycles. The first-order valence-corrected chi connectivity index (χ1v) is 7.79. The molecule has 4 nitrogen and oxygen atoms in total. The van der Waals surface area contributed by atoms with Gasteiger partial charge in [0.15, 0.2) is 5.96 Å². The van der Waals surface area contributed by atoms with Crippen LogP contribution in [0.1, 0.15) is 18.9 Å². The van der Waals surface area contributed by atoms with Gasteiger partial charge in [-0.3, -0.25) is 4.99 Å². The first-order valence-electron chi connectivity index (χ1n) is 7.79. The predicted molar refractivity (Wildman–Crippen MR) is 100 cm³/mol. The molecule has 0 fully saturated rings. The van der Waals surface area contributed by atoms with Crippen LogP contribution in [-0.4, -0.2) is 45.0 Å². The Hall–Kier alpha value is -1.03. The third kappa shape index (κ3) is 6.46. The fourth-order valence-electron chi connectivity index (χ4n) is 2.49. The van der Waals surface area contributed by atoms with Crippen LogP contribution in [0, 0.1) is 0 Å². The smallest absolute Gasteiger partial charge is 0.372 e. The number of nitrogens with zero attached hydrogens (tertiary/aromatic N) is 2. The van der Waals surface area contributed by atoms with E-state index in [0.717, 1.165) is 31.2 Å². The largest absolute Gasteiger partial charge is 0.411 e. The normalized spacial score (nSPS) is 14.3. The van der Waals surface area contributed by atoms with Crippen molar-refractivity contribution in [3.8, 4) is 0 Å². The SMILES string of the molecule is CCNC(=NCCCOCC(F)(F)F)N1CCc2ccccc21.I. The van der Waals surface area contributed by atoms with Gasteiger partial charge in [-0.15, -0.1) is 24.0 Å². The van der Waals surface area contributed by atoms with E-state index in [0.29, 0.717) is 13.0 Å². The number of halogens is 4. The maximum Gasteiger partial charge on any atom is 0.411 e. The summed E-state index contributed by atoms with van der Waals surface area (Å²) in [6.45, 7) is 2.87. The van der Waals surface area contributed by atoms with E-state index in [9.17, 15) is 13.2 Å². The van der Waals surface area contributed by atoms with E-state index in [1.54, 1.807) is 0 Å². The van der Waals surface area contributed by atoms with Gasteiger partial charge in [0.05, 0.1) is 0 Å². The highest BCUT2D eigenvalue weighted by Crippen LogP contribution is 2.27. The molecule has 0 spiro atoms. The van der Waals surface area contributed by atoms with Crippen molar-refractivity contribution in [2.24, 2.45) is 4.99 Å². The van der Waals surface area contributed by atoms with Crippen molar-refractivity contribution in [1.29, 1.82) is 0 Å². The van der Waals surface area contributed by atoms with E-state index in [1.807, 2.05) is 19.1 Å². The Morgan fingerprint density at radius 2 is 2.08 bits per heavy atom. The summed E-state index contributed by atoms with van der Waals surface area (Å²) in [5.41, 5.74) is 2.42. The molecule has 8 heteroatoms. The van der Waals surface area contributed by atoms with Gasteiger partial charge in [-0.1, -0.05) is 18.2 Å². The molecule has 0 amide bonds. The lowest BCUT2D eigenvalue weighted by atomic mass is 10.2. The number of para-hydroxylation sites is 1. The predicted octanol–water partition coefficient (Wildman–Crippen LogP) is 3.60. The number of nitrogens with one attached hydrogen (secondary N) is 1. The van der Waals surface area contributed by atoms with Crippen LogP contribution in [0.25, 0.3) is 0 Å². The van der Waals surface area contributed by atoms with Crippen LogP contribution in [0.2, 0.25) is 0 Å². The summed E-state index contributed by atoms with van der Waals surface area (Å²) >= 11 is 0. The molecule has 1 N–H and O–H groups in total. The molecule has 0 saturated carbocycles. The van der Waals surface area contributed by atoms with E-state index in [2.05, 4.69) is 32.1 Å². The van der Waals surface area contributed by atoms with Crippen LogP contribution in [0.3, 0.4) is 0 Å². The molecule has 2 rings (SSSR count). The molecule has 1 aromatic carbocycles. The zero-order chi connectivity index (χ0) is 16.7. The Labute approximate surface area is 157 Å². The van der Waals surface area contributed by atoms with Crippen LogP contribution < -0.4 is 10.2 Å². The van der Waals surface area contributed by atoms with Crippen molar-refractivity contribution in [1.82, 2.24) is 5.32 Å². The lowest BCUT2D eigenvalue weighted by Crippen LogP contribution is -2.40. The number of fused-ring (bicyclic) bond motifs is 1. The minimum absolute atomic E-state index is 0.